The average Bonchev–Trinajstić information content (AvgIpc) is 1.36. The molecule has 0 saturated carbocycles. The highest BCUT2D eigenvalue weighted by Crippen LogP contribution is 1.55. The summed E-state index contributed by atoms with van der Waals surface area (Å²) in [7, 11) is 1.50. The lowest BCUT2D eigenvalue weighted by Gasteiger charge is -2.05. The molecule has 0 aliphatic heterocycles. The molecule has 0 aromatic carbocycles. The Morgan fingerprint density at radius 2 is 2.00 bits per heavy atom. The predicted octanol–water partition coefficient (Wildman–Crippen LogP) is -1.31. The van der Waals surface area contributed by atoms with Gasteiger partial charge in [-0.1, -0.05) is 0 Å². The molecule has 0 unspecified atom stereocenters. The first-order chi connectivity index (χ1) is 2.64. The quantitative estimate of drug-likeness (QED) is 0.149. The third-order valence-electron chi connectivity index (χ3n) is 0.380. The molecule has 0 aromatic rings. The SMILES string of the molecule is CN(N)C(=N)N. The molecule has 0 atom stereocenters. The fourth-order valence-electron chi connectivity index (χ4n) is 0. The van der Waals surface area contributed by atoms with Gasteiger partial charge >= 0.3 is 0 Å². The highest BCUT2D eigenvalue weighted by molar-refractivity contribution is 5.73. The van der Waals surface area contributed by atoms with Crippen LogP contribution in [-0.4, -0.2) is 18.0 Å². The van der Waals surface area contributed by atoms with Gasteiger partial charge in [0.2, 0.25) is 5.96 Å². The second-order valence-electron chi connectivity index (χ2n) is 0.996. The van der Waals surface area contributed by atoms with Crippen LogP contribution in [0.3, 0.4) is 0 Å². The van der Waals surface area contributed by atoms with Gasteiger partial charge in [0.25, 0.3) is 0 Å². The standard InChI is InChI=1S/C2H8N4/c1-6(5)2(3)4/h5H2,1H3,(H3,3,4). The molecule has 0 radical (unpaired) electrons. The lowest BCUT2D eigenvalue weighted by atomic mass is 11.0. The van der Waals surface area contributed by atoms with Crippen molar-refractivity contribution in [3.8, 4) is 0 Å². The maximum Gasteiger partial charge on any atom is 0.202 e. The number of nitrogens with two attached hydrogens (primary N) is 2. The van der Waals surface area contributed by atoms with E-state index in [1.54, 1.807) is 0 Å². The smallest absolute Gasteiger partial charge is 0.202 e. The molecule has 36 valence electrons. The van der Waals surface area contributed by atoms with E-state index in [-0.39, 0.29) is 5.96 Å². The number of hydrazine groups is 1. The first kappa shape index (κ1) is 5.23. The van der Waals surface area contributed by atoms with E-state index < -0.39 is 0 Å². The van der Waals surface area contributed by atoms with Gasteiger partial charge in [-0.25, -0.2) is 5.84 Å². The minimum absolute atomic E-state index is 0.130. The van der Waals surface area contributed by atoms with Crippen molar-refractivity contribution in [2.45, 2.75) is 0 Å². The van der Waals surface area contributed by atoms with Crippen molar-refractivity contribution >= 4 is 5.96 Å². The van der Waals surface area contributed by atoms with E-state index in [0.717, 1.165) is 5.01 Å². The molecule has 0 aromatic heterocycles. The highest BCUT2D eigenvalue weighted by Gasteiger charge is 1.83. The van der Waals surface area contributed by atoms with Crippen molar-refractivity contribution in [1.82, 2.24) is 5.01 Å². The Balaban J connectivity index is 3.26. The average molecular weight is 88.1 g/mol. The Morgan fingerprint density at radius 1 is 1.83 bits per heavy atom. The van der Waals surface area contributed by atoms with Crippen LogP contribution in [0.15, 0.2) is 0 Å². The van der Waals surface area contributed by atoms with E-state index >= 15 is 0 Å². The van der Waals surface area contributed by atoms with Crippen LogP contribution in [0.25, 0.3) is 0 Å². The summed E-state index contributed by atoms with van der Waals surface area (Å²) in [5.41, 5.74) is 4.82. The number of nitrogens with zero attached hydrogens (tertiary/aromatic N) is 1. The molecule has 0 spiro atoms. The molecule has 5 N–H and O–H groups in total. The van der Waals surface area contributed by atoms with Crippen LogP contribution in [0.5, 0.6) is 0 Å². The Bertz CT molecular complexity index is 56.6. The van der Waals surface area contributed by atoms with E-state index in [2.05, 4.69) is 0 Å². The Kier molecular flexibility index (Phi) is 1.41. The number of guanidine groups is 1. The lowest BCUT2D eigenvalue weighted by Crippen LogP contribution is -2.38. The van der Waals surface area contributed by atoms with E-state index in [4.69, 9.17) is 17.0 Å². The molecular weight excluding hydrogens is 80.1 g/mol. The lowest BCUT2D eigenvalue weighted by molar-refractivity contribution is 0.528. The molecule has 0 heterocycles. The van der Waals surface area contributed by atoms with Gasteiger partial charge in [0.1, 0.15) is 0 Å². The molecule has 0 aliphatic carbocycles. The largest absolute Gasteiger partial charge is 0.369 e. The highest BCUT2D eigenvalue weighted by atomic mass is 15.4. The third kappa shape index (κ3) is 1.54. The van der Waals surface area contributed by atoms with Crippen molar-refractivity contribution in [3.05, 3.63) is 0 Å². The van der Waals surface area contributed by atoms with Crippen LogP contribution in [0.1, 0.15) is 0 Å². The molecule has 0 saturated heterocycles. The van der Waals surface area contributed by atoms with Gasteiger partial charge in [0.15, 0.2) is 0 Å². The van der Waals surface area contributed by atoms with Gasteiger partial charge in [0, 0.05) is 7.05 Å². The normalized spacial score (nSPS) is 7.67. The van der Waals surface area contributed by atoms with Crippen molar-refractivity contribution in [1.29, 1.82) is 5.41 Å². The van der Waals surface area contributed by atoms with E-state index in [0.29, 0.717) is 0 Å². The molecule has 0 bridgehead atoms. The molecule has 6 heavy (non-hydrogen) atoms. The third-order valence-corrected chi connectivity index (χ3v) is 0.380. The molecule has 4 heteroatoms. The van der Waals surface area contributed by atoms with Crippen molar-refractivity contribution in [3.63, 3.8) is 0 Å². The molecule has 0 fully saturated rings. The van der Waals surface area contributed by atoms with Crippen LogP contribution in [-0.2, 0) is 0 Å². The first-order valence-electron chi connectivity index (χ1n) is 1.47. The second-order valence-corrected chi connectivity index (χ2v) is 0.996. The molecule has 0 rings (SSSR count). The minimum Gasteiger partial charge on any atom is -0.369 e. The number of nitrogens with one attached hydrogen (secondary N) is 1. The summed E-state index contributed by atoms with van der Waals surface area (Å²) in [5.74, 6) is 4.79. The van der Waals surface area contributed by atoms with Crippen LogP contribution < -0.4 is 11.6 Å². The van der Waals surface area contributed by atoms with Gasteiger partial charge < -0.3 is 5.73 Å². The molecule has 0 amide bonds. The minimum atomic E-state index is -0.130. The Hall–Kier alpha value is -0.770. The summed E-state index contributed by atoms with van der Waals surface area (Å²) in [4.78, 5) is 0. The number of hydrogen-bond acceptors (Lipinski definition) is 2. The molecule has 4 nitrogen and oxygen atoms in total. The maximum atomic E-state index is 6.53. The summed E-state index contributed by atoms with van der Waals surface area (Å²) in [6.07, 6.45) is 0. The van der Waals surface area contributed by atoms with Gasteiger partial charge in [-0.05, 0) is 0 Å². The zero-order valence-electron chi connectivity index (χ0n) is 3.60. The van der Waals surface area contributed by atoms with Gasteiger partial charge in [-0.2, -0.15) is 0 Å². The van der Waals surface area contributed by atoms with Crippen LogP contribution >= 0.6 is 0 Å². The van der Waals surface area contributed by atoms with E-state index in [1.165, 1.54) is 7.05 Å². The number of hydrogen-bond donors (Lipinski definition) is 3. The topological polar surface area (TPSA) is 79.1 Å². The van der Waals surface area contributed by atoms with Crippen LogP contribution in [0.2, 0.25) is 0 Å². The van der Waals surface area contributed by atoms with Crippen molar-refractivity contribution in [2.75, 3.05) is 7.05 Å². The van der Waals surface area contributed by atoms with Gasteiger partial charge in [-0.15, -0.1) is 0 Å². The summed E-state index contributed by atoms with van der Waals surface area (Å²) >= 11 is 0. The van der Waals surface area contributed by atoms with Crippen LogP contribution in [0.4, 0.5) is 0 Å². The Labute approximate surface area is 36.2 Å². The molecular formula is C2H8N4. The monoisotopic (exact) mass is 88.1 g/mol. The van der Waals surface area contributed by atoms with Gasteiger partial charge in [-0.3, -0.25) is 10.4 Å². The summed E-state index contributed by atoms with van der Waals surface area (Å²) in [6.45, 7) is 0. The predicted molar refractivity (Wildman–Crippen MR) is 23.9 cm³/mol. The molecule has 0 aliphatic rings. The zero-order chi connectivity index (χ0) is 5.15. The zero-order valence-corrected chi connectivity index (χ0v) is 3.60. The van der Waals surface area contributed by atoms with Gasteiger partial charge in [0.05, 0.1) is 0 Å². The summed E-state index contributed by atoms with van der Waals surface area (Å²) < 4.78 is 0. The fraction of sp³-hybridized carbons (Fsp3) is 0.500. The van der Waals surface area contributed by atoms with E-state index in [9.17, 15) is 0 Å². The summed E-state index contributed by atoms with van der Waals surface area (Å²) in [6, 6.07) is 0. The second kappa shape index (κ2) is 1.61. The first-order valence-corrected chi connectivity index (χ1v) is 1.47. The maximum absolute atomic E-state index is 6.53. The van der Waals surface area contributed by atoms with Crippen molar-refractivity contribution in [2.24, 2.45) is 11.6 Å². The van der Waals surface area contributed by atoms with E-state index in [1.807, 2.05) is 0 Å². The Morgan fingerprint density at radius 3 is 2.00 bits per heavy atom. The number of rotatable bonds is 0. The fourth-order valence-corrected chi connectivity index (χ4v) is 0. The van der Waals surface area contributed by atoms with Crippen molar-refractivity contribution < 1.29 is 0 Å². The summed E-state index contributed by atoms with van der Waals surface area (Å²) in [5, 5.41) is 7.56. The van der Waals surface area contributed by atoms with Crippen LogP contribution in [0, 0.1) is 5.41 Å².